The molecule has 0 fully saturated rings. The molecule has 0 saturated heterocycles. The van der Waals surface area contributed by atoms with Crippen LogP contribution in [0.15, 0.2) is 22.6 Å². The summed E-state index contributed by atoms with van der Waals surface area (Å²) in [5, 5.41) is 12.8. The highest BCUT2D eigenvalue weighted by Crippen LogP contribution is 2.24. The van der Waals surface area contributed by atoms with Gasteiger partial charge in [0.05, 0.1) is 12.2 Å². The van der Waals surface area contributed by atoms with E-state index < -0.39 is 0 Å². The topological polar surface area (TPSA) is 58.3 Å². The highest BCUT2D eigenvalue weighted by molar-refractivity contribution is 5.34. The number of halogens is 1. The number of phenols is 1. The van der Waals surface area contributed by atoms with Gasteiger partial charge in [-0.15, -0.1) is 0 Å². The maximum Gasteiger partial charge on any atom is 0.208 e. The van der Waals surface area contributed by atoms with E-state index in [1.54, 1.807) is 0 Å². The van der Waals surface area contributed by atoms with Crippen molar-refractivity contribution in [2.24, 2.45) is 0 Å². The molecule has 2 aromatic rings. The first-order valence-corrected chi connectivity index (χ1v) is 6.12. The Bertz CT molecular complexity index is 561. The second kappa shape index (κ2) is 5.40. The van der Waals surface area contributed by atoms with Crippen LogP contribution in [0.3, 0.4) is 0 Å². The molecular weight excluding hydrogens is 247 g/mol. The van der Waals surface area contributed by atoms with Gasteiger partial charge in [-0.1, -0.05) is 0 Å². The quantitative estimate of drug-likeness (QED) is 0.891. The van der Waals surface area contributed by atoms with Crippen molar-refractivity contribution < 1.29 is 13.9 Å². The molecule has 0 aliphatic heterocycles. The fourth-order valence-corrected chi connectivity index (χ4v) is 1.84. The molecule has 1 aromatic heterocycles. The molecular formula is C14H17FN2O2. The molecule has 1 atom stereocenters. The summed E-state index contributed by atoms with van der Waals surface area (Å²) >= 11 is 0. The average molecular weight is 264 g/mol. The molecule has 1 unspecified atom stereocenters. The number of nitrogens with one attached hydrogen (secondary N) is 1. The molecule has 0 radical (unpaired) electrons. The number of hydrogen-bond donors (Lipinski definition) is 2. The summed E-state index contributed by atoms with van der Waals surface area (Å²) in [5.74, 6) is 1.07. The van der Waals surface area contributed by atoms with E-state index in [2.05, 4.69) is 10.3 Å². The Kier molecular flexibility index (Phi) is 3.85. The van der Waals surface area contributed by atoms with Gasteiger partial charge in [0.1, 0.15) is 17.3 Å². The minimum Gasteiger partial charge on any atom is -0.508 e. The van der Waals surface area contributed by atoms with Crippen LogP contribution in [-0.2, 0) is 6.54 Å². The highest BCUT2D eigenvalue weighted by Gasteiger charge is 2.13. The van der Waals surface area contributed by atoms with Gasteiger partial charge in [0.2, 0.25) is 5.89 Å². The van der Waals surface area contributed by atoms with E-state index in [0.29, 0.717) is 18.0 Å². The molecule has 19 heavy (non-hydrogen) atoms. The summed E-state index contributed by atoms with van der Waals surface area (Å²) in [7, 11) is 0. The molecule has 0 aliphatic rings. The molecule has 2 rings (SSSR count). The molecule has 0 aliphatic carbocycles. The molecule has 0 bridgehead atoms. The monoisotopic (exact) mass is 264 g/mol. The van der Waals surface area contributed by atoms with Crippen LogP contribution in [0.25, 0.3) is 0 Å². The Morgan fingerprint density at radius 3 is 2.79 bits per heavy atom. The smallest absolute Gasteiger partial charge is 0.208 e. The highest BCUT2D eigenvalue weighted by atomic mass is 19.1. The predicted molar refractivity (Wildman–Crippen MR) is 69.3 cm³/mol. The van der Waals surface area contributed by atoms with Gasteiger partial charge in [0.25, 0.3) is 0 Å². The Balaban J connectivity index is 2.04. The third-order valence-electron chi connectivity index (χ3n) is 3.09. The van der Waals surface area contributed by atoms with Crippen molar-refractivity contribution in [2.45, 2.75) is 33.4 Å². The number of aryl methyl sites for hydroxylation is 2. The van der Waals surface area contributed by atoms with Gasteiger partial charge in [-0.25, -0.2) is 9.37 Å². The zero-order valence-electron chi connectivity index (χ0n) is 11.2. The third-order valence-corrected chi connectivity index (χ3v) is 3.09. The van der Waals surface area contributed by atoms with E-state index in [1.165, 1.54) is 18.2 Å². The van der Waals surface area contributed by atoms with E-state index in [0.717, 1.165) is 11.5 Å². The standard InChI is InChI=1S/C14H17FN2O2/c1-8-10(3)19-14(17-8)7-16-9(2)12-6-11(15)4-5-13(12)18/h4-6,9,16,18H,7H2,1-3H3. The Morgan fingerprint density at radius 1 is 1.42 bits per heavy atom. The molecule has 0 saturated carbocycles. The van der Waals surface area contributed by atoms with Crippen molar-refractivity contribution in [3.05, 3.63) is 46.9 Å². The molecule has 5 heteroatoms. The van der Waals surface area contributed by atoms with Crippen LogP contribution in [-0.4, -0.2) is 10.1 Å². The number of hydrogen-bond acceptors (Lipinski definition) is 4. The molecule has 2 N–H and O–H groups in total. The maximum absolute atomic E-state index is 13.2. The Labute approximate surface area is 111 Å². The van der Waals surface area contributed by atoms with E-state index in [1.807, 2.05) is 20.8 Å². The number of nitrogens with zero attached hydrogens (tertiary/aromatic N) is 1. The largest absolute Gasteiger partial charge is 0.508 e. The summed E-state index contributed by atoms with van der Waals surface area (Å²) < 4.78 is 18.6. The van der Waals surface area contributed by atoms with Crippen LogP contribution < -0.4 is 5.32 Å². The lowest BCUT2D eigenvalue weighted by atomic mass is 10.1. The minimum absolute atomic E-state index is 0.0705. The lowest BCUT2D eigenvalue weighted by molar-refractivity contribution is 0.418. The van der Waals surface area contributed by atoms with E-state index >= 15 is 0 Å². The summed E-state index contributed by atoms with van der Waals surface area (Å²) in [6.45, 7) is 6.00. The SMILES string of the molecule is Cc1nc(CNC(C)c2cc(F)ccc2O)oc1C. The predicted octanol–water partition coefficient (Wildman–Crippen LogP) is 2.99. The van der Waals surface area contributed by atoms with Crippen LogP contribution in [0, 0.1) is 19.7 Å². The number of rotatable bonds is 4. The van der Waals surface area contributed by atoms with Gasteiger partial charge < -0.3 is 14.8 Å². The fourth-order valence-electron chi connectivity index (χ4n) is 1.84. The molecule has 4 nitrogen and oxygen atoms in total. The molecule has 1 heterocycles. The number of oxazole rings is 1. The molecule has 102 valence electrons. The zero-order valence-corrected chi connectivity index (χ0v) is 11.2. The van der Waals surface area contributed by atoms with Gasteiger partial charge in [-0.3, -0.25) is 0 Å². The molecule has 0 spiro atoms. The van der Waals surface area contributed by atoms with E-state index in [4.69, 9.17) is 4.42 Å². The molecule has 0 amide bonds. The second-order valence-electron chi connectivity index (χ2n) is 4.55. The average Bonchev–Trinajstić information content (AvgIpc) is 2.69. The van der Waals surface area contributed by atoms with E-state index in [-0.39, 0.29) is 17.6 Å². The van der Waals surface area contributed by atoms with Crippen LogP contribution in [0.2, 0.25) is 0 Å². The van der Waals surface area contributed by atoms with Crippen LogP contribution >= 0.6 is 0 Å². The summed E-state index contributed by atoms with van der Waals surface area (Å²) in [6.07, 6.45) is 0. The van der Waals surface area contributed by atoms with Crippen LogP contribution in [0.5, 0.6) is 5.75 Å². The molecule has 1 aromatic carbocycles. The zero-order chi connectivity index (χ0) is 14.0. The Hall–Kier alpha value is -1.88. The van der Waals surface area contributed by atoms with Gasteiger partial charge in [-0.05, 0) is 39.0 Å². The summed E-state index contributed by atoms with van der Waals surface area (Å²) in [4.78, 5) is 4.25. The minimum atomic E-state index is -0.371. The van der Waals surface area contributed by atoms with Crippen molar-refractivity contribution in [2.75, 3.05) is 0 Å². The van der Waals surface area contributed by atoms with Crippen LogP contribution in [0.1, 0.15) is 35.9 Å². The first kappa shape index (κ1) is 13.5. The Morgan fingerprint density at radius 2 is 2.16 bits per heavy atom. The number of phenolic OH excluding ortho intramolecular Hbond substituents is 1. The summed E-state index contributed by atoms with van der Waals surface area (Å²) in [6, 6.07) is 3.69. The van der Waals surface area contributed by atoms with Gasteiger partial charge in [0.15, 0.2) is 0 Å². The first-order valence-electron chi connectivity index (χ1n) is 6.12. The lowest BCUT2D eigenvalue weighted by Gasteiger charge is -2.14. The van der Waals surface area contributed by atoms with Crippen molar-refractivity contribution >= 4 is 0 Å². The summed E-state index contributed by atoms with van der Waals surface area (Å²) in [5.41, 5.74) is 1.37. The van der Waals surface area contributed by atoms with Crippen LogP contribution in [0.4, 0.5) is 4.39 Å². The van der Waals surface area contributed by atoms with Crippen molar-refractivity contribution in [1.29, 1.82) is 0 Å². The van der Waals surface area contributed by atoms with Gasteiger partial charge >= 0.3 is 0 Å². The number of aromatic nitrogens is 1. The number of benzene rings is 1. The lowest BCUT2D eigenvalue weighted by Crippen LogP contribution is -2.18. The number of aromatic hydroxyl groups is 1. The van der Waals surface area contributed by atoms with Crippen molar-refractivity contribution in [3.8, 4) is 5.75 Å². The van der Waals surface area contributed by atoms with Crippen molar-refractivity contribution in [3.63, 3.8) is 0 Å². The van der Waals surface area contributed by atoms with Gasteiger partial charge in [-0.2, -0.15) is 0 Å². The maximum atomic E-state index is 13.2. The van der Waals surface area contributed by atoms with E-state index in [9.17, 15) is 9.50 Å². The third kappa shape index (κ3) is 3.12. The first-order chi connectivity index (χ1) is 8.97. The second-order valence-corrected chi connectivity index (χ2v) is 4.55. The van der Waals surface area contributed by atoms with Gasteiger partial charge in [0, 0.05) is 11.6 Å². The fraction of sp³-hybridized carbons (Fsp3) is 0.357. The van der Waals surface area contributed by atoms with Crippen molar-refractivity contribution in [1.82, 2.24) is 10.3 Å². The normalized spacial score (nSPS) is 12.6.